The van der Waals surface area contributed by atoms with E-state index in [0.29, 0.717) is 16.3 Å². The molecule has 0 fully saturated rings. The minimum absolute atomic E-state index is 0.0722. The highest BCUT2D eigenvalue weighted by atomic mass is 35.5. The van der Waals surface area contributed by atoms with Gasteiger partial charge in [0.25, 0.3) is 10.0 Å². The molecule has 0 heterocycles. The molecule has 22 heavy (non-hydrogen) atoms. The molecule has 2 aromatic rings. The Bertz CT molecular complexity index is 794. The first-order valence-electron chi connectivity index (χ1n) is 6.43. The summed E-state index contributed by atoms with van der Waals surface area (Å²) < 4.78 is 26.4. The summed E-state index contributed by atoms with van der Waals surface area (Å²) in [6.07, 6.45) is 1.47. The fraction of sp³-hybridized carbons (Fsp3) is 0.0625. The number of ketones is 1. The van der Waals surface area contributed by atoms with Gasteiger partial charge in [0, 0.05) is 16.3 Å². The number of sulfonamides is 1. The van der Waals surface area contributed by atoms with Crippen LogP contribution in [0.15, 0.2) is 53.9 Å². The molecule has 0 aliphatic carbocycles. The first-order valence-corrected chi connectivity index (χ1v) is 8.36. The van der Waals surface area contributed by atoms with Crippen LogP contribution >= 0.6 is 11.6 Å². The molecule has 6 heteroatoms. The molecule has 0 unspecified atom stereocenters. The molecule has 0 atom stereocenters. The zero-order valence-corrected chi connectivity index (χ0v) is 13.4. The molecule has 4 nitrogen and oxygen atoms in total. The average Bonchev–Trinajstić information content (AvgIpc) is 2.47. The highest BCUT2D eigenvalue weighted by molar-refractivity contribution is 7.95. The molecule has 2 rings (SSSR count). The van der Waals surface area contributed by atoms with Crippen molar-refractivity contribution in [2.75, 3.05) is 4.72 Å². The van der Waals surface area contributed by atoms with E-state index in [4.69, 9.17) is 11.6 Å². The Morgan fingerprint density at radius 2 is 1.64 bits per heavy atom. The molecule has 1 N–H and O–H groups in total. The topological polar surface area (TPSA) is 63.2 Å². The Kier molecular flexibility index (Phi) is 5.00. The van der Waals surface area contributed by atoms with Crippen LogP contribution in [-0.2, 0) is 10.0 Å². The van der Waals surface area contributed by atoms with E-state index in [0.717, 1.165) is 11.0 Å². The third kappa shape index (κ3) is 4.72. The third-order valence-corrected chi connectivity index (χ3v) is 4.13. The largest absolute Gasteiger partial charge is 0.295 e. The van der Waals surface area contributed by atoms with Crippen molar-refractivity contribution in [3.8, 4) is 0 Å². The van der Waals surface area contributed by atoms with Crippen LogP contribution in [0.2, 0.25) is 5.02 Å². The van der Waals surface area contributed by atoms with Gasteiger partial charge >= 0.3 is 0 Å². The third-order valence-electron chi connectivity index (χ3n) is 2.86. The van der Waals surface area contributed by atoms with Gasteiger partial charge in [-0.25, -0.2) is 8.42 Å². The van der Waals surface area contributed by atoms with Crippen LogP contribution in [-0.4, -0.2) is 14.2 Å². The molecule has 0 aliphatic heterocycles. The number of hydrogen-bond acceptors (Lipinski definition) is 3. The highest BCUT2D eigenvalue weighted by Gasteiger charge is 2.06. The maximum atomic E-state index is 12.0. The van der Waals surface area contributed by atoms with Crippen LogP contribution in [0.3, 0.4) is 0 Å². The van der Waals surface area contributed by atoms with Crippen LogP contribution < -0.4 is 4.72 Å². The summed E-state index contributed by atoms with van der Waals surface area (Å²) in [4.78, 5) is 11.2. The summed E-state index contributed by atoms with van der Waals surface area (Å²) in [5.74, 6) is -0.0722. The normalized spacial score (nSPS) is 11.5. The summed E-state index contributed by atoms with van der Waals surface area (Å²) in [5, 5.41) is 1.67. The predicted molar refractivity (Wildman–Crippen MR) is 89.5 cm³/mol. The van der Waals surface area contributed by atoms with Crippen molar-refractivity contribution in [3.63, 3.8) is 0 Å². The van der Waals surface area contributed by atoms with Gasteiger partial charge in [0.05, 0.1) is 5.41 Å². The van der Waals surface area contributed by atoms with E-state index in [9.17, 15) is 13.2 Å². The summed E-state index contributed by atoms with van der Waals surface area (Å²) in [5.41, 5.74) is 1.65. The lowest BCUT2D eigenvalue weighted by Gasteiger charge is -2.05. The second-order valence-corrected chi connectivity index (χ2v) is 6.64. The van der Waals surface area contributed by atoms with Crippen molar-refractivity contribution in [2.24, 2.45) is 0 Å². The van der Waals surface area contributed by atoms with Gasteiger partial charge in [0.1, 0.15) is 0 Å². The van der Waals surface area contributed by atoms with Crippen LogP contribution in [0.1, 0.15) is 22.8 Å². The number of carbonyl (C=O) groups is 1. The lowest BCUT2D eigenvalue weighted by molar-refractivity contribution is 0.101. The summed E-state index contributed by atoms with van der Waals surface area (Å²) >= 11 is 5.77. The molecule has 2 aromatic carbocycles. The van der Waals surface area contributed by atoms with Crippen molar-refractivity contribution < 1.29 is 13.2 Å². The minimum Gasteiger partial charge on any atom is -0.295 e. The van der Waals surface area contributed by atoms with Crippen LogP contribution in [0.4, 0.5) is 5.69 Å². The molecule has 0 bridgehead atoms. The number of Topliss-reactive ketones (excluding diaryl/α,β-unsaturated/α-hetero) is 1. The summed E-state index contributed by atoms with van der Waals surface area (Å²) in [7, 11) is -3.62. The fourth-order valence-electron chi connectivity index (χ4n) is 1.71. The maximum Gasteiger partial charge on any atom is 0.255 e. The molecule has 0 aromatic heterocycles. The number of anilines is 1. The summed E-state index contributed by atoms with van der Waals surface area (Å²) in [6.45, 7) is 1.45. The monoisotopic (exact) mass is 335 g/mol. The predicted octanol–water partition coefficient (Wildman–Crippen LogP) is 3.96. The number of carbonyl (C=O) groups excluding carboxylic acids is 1. The number of hydrogen-bond donors (Lipinski definition) is 1. The molecule has 0 spiro atoms. The van der Waals surface area contributed by atoms with Crippen molar-refractivity contribution in [1.82, 2.24) is 0 Å². The van der Waals surface area contributed by atoms with Gasteiger partial charge in [0.2, 0.25) is 0 Å². The van der Waals surface area contributed by atoms with Crippen molar-refractivity contribution in [3.05, 3.63) is 70.1 Å². The van der Waals surface area contributed by atoms with Crippen LogP contribution in [0.5, 0.6) is 0 Å². The second-order valence-electron chi connectivity index (χ2n) is 4.63. The highest BCUT2D eigenvalue weighted by Crippen LogP contribution is 2.14. The molecule has 0 radical (unpaired) electrons. The Hall–Kier alpha value is -2.11. The van der Waals surface area contributed by atoms with E-state index in [1.807, 2.05) is 0 Å². The minimum atomic E-state index is -3.62. The molecule has 0 aliphatic rings. The van der Waals surface area contributed by atoms with Gasteiger partial charge in [-0.15, -0.1) is 0 Å². The molecular weight excluding hydrogens is 322 g/mol. The number of halogens is 1. The average molecular weight is 336 g/mol. The lowest BCUT2D eigenvalue weighted by Crippen LogP contribution is -2.08. The molecule has 0 amide bonds. The first kappa shape index (κ1) is 16.3. The summed E-state index contributed by atoms with van der Waals surface area (Å²) in [6, 6.07) is 13.0. The smallest absolute Gasteiger partial charge is 0.255 e. The van der Waals surface area contributed by atoms with Gasteiger partial charge in [-0.1, -0.05) is 23.7 Å². The number of rotatable bonds is 5. The van der Waals surface area contributed by atoms with E-state index in [1.165, 1.54) is 13.0 Å². The van der Waals surface area contributed by atoms with Gasteiger partial charge < -0.3 is 0 Å². The number of benzene rings is 2. The molecule has 0 saturated carbocycles. The van der Waals surface area contributed by atoms with Gasteiger partial charge in [-0.3, -0.25) is 9.52 Å². The van der Waals surface area contributed by atoms with Gasteiger partial charge in [0.15, 0.2) is 5.78 Å². The van der Waals surface area contributed by atoms with E-state index < -0.39 is 10.0 Å². The first-order chi connectivity index (χ1) is 10.4. The SMILES string of the molecule is CC(=O)c1ccc(NS(=O)(=O)/C=C/c2ccc(Cl)cc2)cc1. The zero-order valence-electron chi connectivity index (χ0n) is 11.8. The van der Waals surface area contributed by atoms with E-state index >= 15 is 0 Å². The molecule has 114 valence electrons. The molecular formula is C16H14ClNO3S. The Labute approximate surface area is 134 Å². The quantitative estimate of drug-likeness (QED) is 0.841. The fourth-order valence-corrected chi connectivity index (χ4v) is 2.71. The standard InChI is InChI=1S/C16H14ClNO3S/c1-12(19)14-4-8-16(9-5-14)18-22(20,21)11-10-13-2-6-15(17)7-3-13/h2-11,18H,1H3/b11-10+. The Morgan fingerprint density at radius 3 is 2.18 bits per heavy atom. The number of nitrogens with one attached hydrogen (secondary N) is 1. The van der Waals surface area contributed by atoms with Crippen LogP contribution in [0, 0.1) is 0 Å². The van der Waals surface area contributed by atoms with Crippen molar-refractivity contribution in [2.45, 2.75) is 6.92 Å². The van der Waals surface area contributed by atoms with Crippen molar-refractivity contribution in [1.29, 1.82) is 0 Å². The van der Waals surface area contributed by atoms with Gasteiger partial charge in [-0.2, -0.15) is 0 Å². The second kappa shape index (κ2) is 6.77. The maximum absolute atomic E-state index is 12.0. The zero-order chi connectivity index (χ0) is 16.2. The van der Waals surface area contributed by atoms with E-state index in [2.05, 4.69) is 4.72 Å². The lowest BCUT2D eigenvalue weighted by atomic mass is 10.1. The Balaban J connectivity index is 2.10. The van der Waals surface area contributed by atoms with Crippen molar-refractivity contribution >= 4 is 39.2 Å². The Morgan fingerprint density at radius 1 is 1.05 bits per heavy atom. The van der Waals surface area contributed by atoms with Gasteiger partial charge in [-0.05, 0) is 55.0 Å². The van der Waals surface area contributed by atoms with E-state index in [-0.39, 0.29) is 5.78 Å². The molecule has 0 saturated heterocycles. The van der Waals surface area contributed by atoms with Crippen LogP contribution in [0.25, 0.3) is 6.08 Å². The van der Waals surface area contributed by atoms with E-state index in [1.54, 1.807) is 48.5 Å².